The van der Waals surface area contributed by atoms with Gasteiger partial charge < -0.3 is 0 Å². The molecule has 2 aliphatic rings. The molecule has 2 aliphatic heterocycles. The van der Waals surface area contributed by atoms with Crippen molar-refractivity contribution < 1.29 is 13.2 Å². The lowest BCUT2D eigenvalue weighted by Crippen LogP contribution is -2.42. The highest BCUT2D eigenvalue weighted by atomic mass is 32.2. The third-order valence-electron chi connectivity index (χ3n) is 6.82. The van der Waals surface area contributed by atoms with E-state index in [2.05, 4.69) is 13.8 Å². The first-order valence-electron chi connectivity index (χ1n) is 12.7. The number of para-hydroxylation sites is 1. The zero-order valence-corrected chi connectivity index (χ0v) is 24.0. The molecule has 0 bridgehead atoms. The van der Waals surface area contributed by atoms with Gasteiger partial charge in [0.05, 0.1) is 15.5 Å². The van der Waals surface area contributed by atoms with Crippen molar-refractivity contribution in [1.29, 1.82) is 0 Å². The summed E-state index contributed by atoms with van der Waals surface area (Å²) in [5.74, 6) is 0.490. The number of benzene rings is 2. The Bertz CT molecular complexity index is 1510. The molecule has 7 nitrogen and oxygen atoms in total. The molecule has 198 valence electrons. The molecule has 1 aromatic heterocycles. The molecule has 0 spiro atoms. The van der Waals surface area contributed by atoms with E-state index >= 15 is 0 Å². The van der Waals surface area contributed by atoms with Crippen LogP contribution in [0.25, 0.3) is 23.0 Å². The monoisotopic (exact) mass is 566 g/mol. The average Bonchev–Trinajstić information content (AvgIpc) is 3.44. The fourth-order valence-corrected chi connectivity index (χ4v) is 8.20. The molecule has 2 aromatic carbocycles. The summed E-state index contributed by atoms with van der Waals surface area (Å²) in [5, 5.41) is 4.83. The maximum absolute atomic E-state index is 13.6. The minimum absolute atomic E-state index is 0.134. The van der Waals surface area contributed by atoms with Gasteiger partial charge in [0.2, 0.25) is 10.0 Å². The fraction of sp³-hybridized carbons (Fsp3) is 0.321. The van der Waals surface area contributed by atoms with Crippen molar-refractivity contribution >= 4 is 50.3 Å². The van der Waals surface area contributed by atoms with E-state index in [1.807, 2.05) is 49.5 Å². The van der Waals surface area contributed by atoms with Crippen molar-refractivity contribution in [1.82, 2.24) is 19.0 Å². The Hall–Kier alpha value is -2.79. The number of hydrogen-bond donors (Lipinski definition) is 0. The van der Waals surface area contributed by atoms with E-state index in [0.29, 0.717) is 57.5 Å². The van der Waals surface area contributed by atoms with Crippen LogP contribution in [-0.2, 0) is 14.8 Å². The number of aromatic nitrogens is 2. The van der Waals surface area contributed by atoms with Gasteiger partial charge in [0, 0.05) is 37.0 Å². The number of piperidine rings is 1. The third-order valence-corrected chi connectivity index (χ3v) is 10.0. The smallest absolute Gasteiger partial charge is 0.266 e. The van der Waals surface area contributed by atoms with Crippen molar-refractivity contribution in [2.75, 3.05) is 19.6 Å². The minimum atomic E-state index is -3.66. The zero-order chi connectivity index (χ0) is 27.0. The molecule has 0 radical (unpaired) electrons. The fourth-order valence-electron chi connectivity index (χ4n) is 5.10. The van der Waals surface area contributed by atoms with Crippen molar-refractivity contribution in [3.63, 3.8) is 0 Å². The maximum atomic E-state index is 13.6. The molecule has 0 saturated carbocycles. The molecular weight excluding hydrogens is 537 g/mol. The maximum Gasteiger partial charge on any atom is 0.266 e. The highest BCUT2D eigenvalue weighted by Gasteiger charge is 2.33. The summed E-state index contributed by atoms with van der Waals surface area (Å²) < 4.78 is 31.1. The SMILES string of the molecule is CCN1C(=O)C(=Cc2cn(-c3ccccc3)nc2-c2cccc(S(=O)(=O)N3CC(C)CC(C)C3)c2)SC1=S. The second-order valence-electron chi connectivity index (χ2n) is 9.94. The molecule has 2 saturated heterocycles. The van der Waals surface area contributed by atoms with E-state index in [4.69, 9.17) is 17.3 Å². The number of thiocarbonyl (C=S) groups is 1. The number of carbonyl (C=O) groups excluding carboxylic acids is 1. The van der Waals surface area contributed by atoms with Crippen LogP contribution < -0.4 is 0 Å². The first kappa shape index (κ1) is 26.8. The Balaban J connectivity index is 1.58. The summed E-state index contributed by atoms with van der Waals surface area (Å²) in [5.41, 5.74) is 2.82. The lowest BCUT2D eigenvalue weighted by Gasteiger charge is -2.34. The van der Waals surface area contributed by atoms with Crippen molar-refractivity contribution in [2.24, 2.45) is 11.8 Å². The third kappa shape index (κ3) is 5.22. The normalized spacial score (nSPS) is 22.0. The first-order chi connectivity index (χ1) is 18.2. The van der Waals surface area contributed by atoms with Gasteiger partial charge in [-0.2, -0.15) is 9.40 Å². The summed E-state index contributed by atoms with van der Waals surface area (Å²) in [7, 11) is -3.66. The van der Waals surface area contributed by atoms with E-state index in [1.165, 1.54) is 11.8 Å². The highest BCUT2D eigenvalue weighted by Crippen LogP contribution is 2.35. The predicted octanol–water partition coefficient (Wildman–Crippen LogP) is 5.43. The lowest BCUT2D eigenvalue weighted by atomic mass is 9.94. The van der Waals surface area contributed by atoms with Gasteiger partial charge in [0.1, 0.15) is 10.0 Å². The molecule has 0 N–H and O–H groups in total. The van der Waals surface area contributed by atoms with Gasteiger partial charge in [0.15, 0.2) is 0 Å². The average molecular weight is 567 g/mol. The first-order valence-corrected chi connectivity index (χ1v) is 15.3. The van der Waals surface area contributed by atoms with Gasteiger partial charge in [0.25, 0.3) is 5.91 Å². The van der Waals surface area contributed by atoms with Gasteiger partial charge in [-0.15, -0.1) is 0 Å². The standard InChI is InChI=1S/C28H30N4O3S3/c1-4-31-27(33)25(37-28(31)36)15-22-18-32(23-10-6-5-7-11-23)29-26(22)21-9-8-12-24(14-21)38(34,35)30-16-19(2)13-20(3)17-30/h5-12,14-15,18-20H,4,13,16-17H2,1-3H3. The number of nitrogens with zero attached hydrogens (tertiary/aromatic N) is 4. The topological polar surface area (TPSA) is 75.5 Å². The van der Waals surface area contributed by atoms with Gasteiger partial charge in [-0.05, 0) is 55.5 Å². The summed E-state index contributed by atoms with van der Waals surface area (Å²) in [6.07, 6.45) is 4.68. The molecule has 2 fully saturated rings. The van der Waals surface area contributed by atoms with Crippen LogP contribution in [0.4, 0.5) is 0 Å². The molecule has 3 aromatic rings. The Labute approximate surface area is 233 Å². The van der Waals surface area contributed by atoms with Crippen molar-refractivity contribution in [3.8, 4) is 16.9 Å². The van der Waals surface area contributed by atoms with Crippen LogP contribution in [0.2, 0.25) is 0 Å². The Morgan fingerprint density at radius 2 is 1.79 bits per heavy atom. The molecule has 1 amide bonds. The van der Waals surface area contributed by atoms with E-state index in [1.54, 1.807) is 38.2 Å². The zero-order valence-electron chi connectivity index (χ0n) is 21.6. The number of sulfonamides is 1. The highest BCUT2D eigenvalue weighted by molar-refractivity contribution is 8.26. The second-order valence-corrected chi connectivity index (χ2v) is 13.5. The second kappa shape index (κ2) is 10.8. The molecule has 3 heterocycles. The van der Waals surface area contributed by atoms with Gasteiger partial charge in [-0.25, -0.2) is 13.1 Å². The van der Waals surface area contributed by atoms with Crippen LogP contribution in [0.3, 0.4) is 0 Å². The molecule has 2 unspecified atom stereocenters. The summed E-state index contributed by atoms with van der Waals surface area (Å²) in [4.78, 5) is 15.3. The molecule has 5 rings (SSSR count). The van der Waals surface area contributed by atoms with Gasteiger partial charge in [-0.1, -0.05) is 68.2 Å². The minimum Gasteiger partial charge on any atom is -0.293 e. The summed E-state index contributed by atoms with van der Waals surface area (Å²) in [6.45, 7) is 7.62. The molecule has 2 atom stereocenters. The lowest BCUT2D eigenvalue weighted by molar-refractivity contribution is -0.121. The Morgan fingerprint density at radius 1 is 1.08 bits per heavy atom. The number of amides is 1. The number of hydrogen-bond acceptors (Lipinski definition) is 6. The van der Waals surface area contributed by atoms with Gasteiger partial charge >= 0.3 is 0 Å². The largest absolute Gasteiger partial charge is 0.293 e. The number of likely N-dealkylation sites (N-methyl/N-ethyl adjacent to an activating group) is 1. The van der Waals surface area contributed by atoms with Crippen LogP contribution in [0.1, 0.15) is 32.8 Å². The number of rotatable bonds is 6. The van der Waals surface area contributed by atoms with E-state index < -0.39 is 10.0 Å². The summed E-state index contributed by atoms with van der Waals surface area (Å²) >= 11 is 6.66. The predicted molar refractivity (Wildman–Crippen MR) is 156 cm³/mol. The van der Waals surface area contributed by atoms with E-state index in [0.717, 1.165) is 12.1 Å². The number of thioether (sulfide) groups is 1. The molecule has 0 aliphatic carbocycles. The summed E-state index contributed by atoms with van der Waals surface area (Å²) in [6, 6.07) is 16.6. The quantitative estimate of drug-likeness (QED) is 0.293. The molecule has 10 heteroatoms. The number of carbonyl (C=O) groups is 1. The molecule has 38 heavy (non-hydrogen) atoms. The van der Waals surface area contributed by atoms with Gasteiger partial charge in [-0.3, -0.25) is 9.69 Å². The Kier molecular flexibility index (Phi) is 7.59. The van der Waals surface area contributed by atoms with E-state index in [9.17, 15) is 13.2 Å². The Morgan fingerprint density at radius 3 is 2.45 bits per heavy atom. The molecular formula is C28H30N4O3S3. The van der Waals surface area contributed by atoms with E-state index in [-0.39, 0.29) is 10.8 Å². The van der Waals surface area contributed by atoms with Crippen LogP contribution in [0.15, 0.2) is 70.6 Å². The van der Waals surface area contributed by atoms with Crippen LogP contribution in [0, 0.1) is 11.8 Å². The van der Waals surface area contributed by atoms with Crippen LogP contribution in [-0.4, -0.2) is 57.3 Å². The van der Waals surface area contributed by atoms with Crippen molar-refractivity contribution in [2.45, 2.75) is 32.1 Å². The van der Waals surface area contributed by atoms with Crippen molar-refractivity contribution in [3.05, 3.63) is 71.3 Å². The van der Waals surface area contributed by atoms with Crippen LogP contribution in [0.5, 0.6) is 0 Å². The van der Waals surface area contributed by atoms with Crippen LogP contribution >= 0.6 is 24.0 Å².